The van der Waals surface area contributed by atoms with Gasteiger partial charge in [-0.05, 0) is 58.8 Å². The summed E-state index contributed by atoms with van der Waals surface area (Å²) in [6.45, 7) is 2.08. The fraction of sp³-hybridized carbons (Fsp3) is 0.357. The van der Waals surface area contributed by atoms with E-state index in [1.54, 1.807) is 0 Å². The van der Waals surface area contributed by atoms with Crippen LogP contribution in [0.4, 0.5) is 0 Å². The molecule has 0 spiro atoms. The fourth-order valence-electron chi connectivity index (χ4n) is 2.01. The minimum absolute atomic E-state index is 0.510. The lowest BCUT2D eigenvalue weighted by Gasteiger charge is -2.13. The van der Waals surface area contributed by atoms with Gasteiger partial charge in [0.2, 0.25) is 0 Å². The third-order valence-electron chi connectivity index (χ3n) is 3.11. The molecule has 102 valence electrons. The molecule has 0 saturated carbocycles. The SMILES string of the molecule is CCc1cc(CC(O)c2cc(Br)ccc2I)n(C)n1. The van der Waals surface area contributed by atoms with Gasteiger partial charge in [0.25, 0.3) is 0 Å². The average Bonchev–Trinajstić information content (AvgIpc) is 2.73. The van der Waals surface area contributed by atoms with Gasteiger partial charge in [-0.15, -0.1) is 0 Å². The predicted octanol–water partition coefficient (Wildman–Crippen LogP) is 3.63. The molecule has 0 amide bonds. The standard InChI is InChI=1S/C14H16BrIN2O/c1-3-10-7-11(18(2)17-10)8-14(19)12-6-9(15)4-5-13(12)16/h4-7,14,19H,3,8H2,1-2H3. The summed E-state index contributed by atoms with van der Waals surface area (Å²) in [5, 5.41) is 14.8. The van der Waals surface area contributed by atoms with Crippen molar-refractivity contribution in [1.82, 2.24) is 9.78 Å². The molecule has 0 radical (unpaired) electrons. The Kier molecular flexibility index (Phi) is 5.03. The molecule has 5 heteroatoms. The van der Waals surface area contributed by atoms with Crippen LogP contribution in [0.1, 0.15) is 30.0 Å². The van der Waals surface area contributed by atoms with Crippen molar-refractivity contribution >= 4 is 38.5 Å². The van der Waals surface area contributed by atoms with Crippen molar-refractivity contribution in [1.29, 1.82) is 0 Å². The molecule has 1 heterocycles. The van der Waals surface area contributed by atoms with Crippen molar-refractivity contribution in [3.63, 3.8) is 0 Å². The number of rotatable bonds is 4. The maximum atomic E-state index is 10.4. The molecule has 1 N–H and O–H groups in total. The largest absolute Gasteiger partial charge is 0.388 e. The van der Waals surface area contributed by atoms with Gasteiger partial charge in [-0.3, -0.25) is 4.68 Å². The zero-order valence-electron chi connectivity index (χ0n) is 10.9. The van der Waals surface area contributed by atoms with E-state index in [-0.39, 0.29) is 0 Å². The number of halogens is 2. The second-order valence-corrected chi connectivity index (χ2v) is 6.57. The molecule has 1 atom stereocenters. The van der Waals surface area contributed by atoms with Crippen LogP contribution in [0.25, 0.3) is 0 Å². The predicted molar refractivity (Wildman–Crippen MR) is 88.1 cm³/mol. The van der Waals surface area contributed by atoms with Gasteiger partial charge >= 0.3 is 0 Å². The van der Waals surface area contributed by atoms with Gasteiger partial charge in [0.05, 0.1) is 11.8 Å². The number of benzene rings is 1. The van der Waals surface area contributed by atoms with Crippen LogP contribution in [0.3, 0.4) is 0 Å². The van der Waals surface area contributed by atoms with Gasteiger partial charge in [0.1, 0.15) is 0 Å². The highest BCUT2D eigenvalue weighted by molar-refractivity contribution is 14.1. The zero-order chi connectivity index (χ0) is 14.0. The van der Waals surface area contributed by atoms with Gasteiger partial charge in [0.15, 0.2) is 0 Å². The van der Waals surface area contributed by atoms with E-state index < -0.39 is 6.10 Å². The first kappa shape index (κ1) is 15.0. The van der Waals surface area contributed by atoms with Crippen molar-refractivity contribution < 1.29 is 5.11 Å². The van der Waals surface area contributed by atoms with Crippen LogP contribution in [-0.4, -0.2) is 14.9 Å². The van der Waals surface area contributed by atoms with Crippen LogP contribution >= 0.6 is 38.5 Å². The molecule has 1 aromatic carbocycles. The second-order valence-electron chi connectivity index (χ2n) is 4.49. The molecule has 0 fully saturated rings. The van der Waals surface area contributed by atoms with E-state index in [0.717, 1.165) is 31.4 Å². The van der Waals surface area contributed by atoms with Gasteiger partial charge < -0.3 is 5.11 Å². The first-order valence-corrected chi connectivity index (χ1v) is 8.03. The lowest BCUT2D eigenvalue weighted by molar-refractivity contribution is 0.175. The zero-order valence-corrected chi connectivity index (χ0v) is 14.6. The molecule has 0 aliphatic heterocycles. The maximum absolute atomic E-state index is 10.4. The van der Waals surface area contributed by atoms with Gasteiger partial charge in [-0.2, -0.15) is 5.10 Å². The molecule has 1 unspecified atom stereocenters. The highest BCUT2D eigenvalue weighted by atomic mass is 127. The quantitative estimate of drug-likeness (QED) is 0.746. The average molecular weight is 435 g/mol. The van der Waals surface area contributed by atoms with Crippen molar-refractivity contribution in [3.8, 4) is 0 Å². The Morgan fingerprint density at radius 2 is 2.16 bits per heavy atom. The summed E-state index contributed by atoms with van der Waals surface area (Å²) in [6.07, 6.45) is 0.985. The van der Waals surface area contributed by atoms with Crippen LogP contribution in [-0.2, 0) is 19.9 Å². The number of aliphatic hydroxyl groups is 1. The summed E-state index contributed by atoms with van der Waals surface area (Å²) in [5.41, 5.74) is 3.07. The van der Waals surface area contributed by atoms with Crippen LogP contribution in [0.2, 0.25) is 0 Å². The smallest absolute Gasteiger partial charge is 0.0855 e. The lowest BCUT2D eigenvalue weighted by Crippen LogP contribution is -2.07. The Morgan fingerprint density at radius 1 is 1.42 bits per heavy atom. The third kappa shape index (κ3) is 3.58. The Labute approximate surface area is 135 Å². The Morgan fingerprint density at radius 3 is 2.79 bits per heavy atom. The third-order valence-corrected chi connectivity index (χ3v) is 4.58. The van der Waals surface area contributed by atoms with Crippen molar-refractivity contribution in [3.05, 3.63) is 49.3 Å². The molecular weight excluding hydrogens is 419 g/mol. The van der Waals surface area contributed by atoms with Gasteiger partial charge in [0, 0.05) is 27.2 Å². The molecule has 0 aliphatic carbocycles. The van der Waals surface area contributed by atoms with E-state index in [4.69, 9.17) is 0 Å². The molecule has 0 aliphatic rings. The molecule has 3 nitrogen and oxygen atoms in total. The van der Waals surface area contributed by atoms with Crippen molar-refractivity contribution in [2.75, 3.05) is 0 Å². The summed E-state index contributed by atoms with van der Waals surface area (Å²) in [7, 11) is 1.92. The summed E-state index contributed by atoms with van der Waals surface area (Å²) in [4.78, 5) is 0. The number of aliphatic hydroxyl groups excluding tert-OH is 1. The monoisotopic (exact) mass is 434 g/mol. The maximum Gasteiger partial charge on any atom is 0.0855 e. The summed E-state index contributed by atoms with van der Waals surface area (Å²) < 4.78 is 3.92. The minimum atomic E-state index is -0.510. The van der Waals surface area contributed by atoms with Crippen LogP contribution < -0.4 is 0 Å². The first-order chi connectivity index (χ1) is 9.01. The molecule has 2 rings (SSSR count). The first-order valence-electron chi connectivity index (χ1n) is 6.16. The highest BCUT2D eigenvalue weighted by Gasteiger charge is 2.15. The highest BCUT2D eigenvalue weighted by Crippen LogP contribution is 2.26. The number of hydrogen-bond donors (Lipinski definition) is 1. The molecule has 0 saturated heterocycles. The van der Waals surface area contributed by atoms with Crippen LogP contribution in [0.5, 0.6) is 0 Å². The number of nitrogens with zero attached hydrogens (tertiary/aromatic N) is 2. The topological polar surface area (TPSA) is 38.0 Å². The van der Waals surface area contributed by atoms with E-state index in [2.05, 4.69) is 56.6 Å². The summed E-state index contributed by atoms with van der Waals surface area (Å²) in [6, 6.07) is 8.03. The van der Waals surface area contributed by atoms with Crippen molar-refractivity contribution in [2.45, 2.75) is 25.9 Å². The van der Waals surface area contributed by atoms with Gasteiger partial charge in [-0.1, -0.05) is 22.9 Å². The van der Waals surface area contributed by atoms with Crippen LogP contribution in [0.15, 0.2) is 28.7 Å². The minimum Gasteiger partial charge on any atom is -0.388 e. The summed E-state index contributed by atoms with van der Waals surface area (Å²) in [5.74, 6) is 0. The molecule has 2 aromatic rings. The molecular formula is C14H16BrIN2O. The van der Waals surface area contributed by atoms with Gasteiger partial charge in [-0.25, -0.2) is 0 Å². The normalized spacial score (nSPS) is 12.7. The molecule has 19 heavy (non-hydrogen) atoms. The Hall–Kier alpha value is -0.400. The van der Waals surface area contributed by atoms with E-state index in [1.165, 1.54) is 0 Å². The summed E-state index contributed by atoms with van der Waals surface area (Å²) >= 11 is 5.70. The second kappa shape index (κ2) is 6.37. The Balaban J connectivity index is 2.22. The lowest BCUT2D eigenvalue weighted by atomic mass is 10.0. The fourth-order valence-corrected chi connectivity index (χ4v) is 3.09. The van der Waals surface area contributed by atoms with E-state index >= 15 is 0 Å². The number of aryl methyl sites for hydroxylation is 2. The van der Waals surface area contributed by atoms with E-state index in [0.29, 0.717) is 6.42 Å². The Bertz CT molecular complexity index is 583. The molecule has 0 bridgehead atoms. The van der Waals surface area contributed by atoms with E-state index in [9.17, 15) is 5.11 Å². The van der Waals surface area contributed by atoms with Crippen molar-refractivity contribution in [2.24, 2.45) is 7.05 Å². The van der Waals surface area contributed by atoms with E-state index in [1.807, 2.05) is 29.9 Å². The number of aromatic nitrogens is 2. The number of hydrogen-bond acceptors (Lipinski definition) is 2. The molecule has 1 aromatic heterocycles. The van der Waals surface area contributed by atoms with Crippen LogP contribution in [0, 0.1) is 3.57 Å².